The minimum atomic E-state index is -9.16. The Balaban J connectivity index is 7.22. The minimum Gasteiger partial charge on any atom is -0.332 e. The van der Waals surface area contributed by atoms with Crippen molar-refractivity contribution in [3.63, 3.8) is 0 Å². The van der Waals surface area contributed by atoms with Crippen LogP contribution in [0, 0.1) is 0 Å². The van der Waals surface area contributed by atoms with Crippen LogP contribution in [0.4, 0.5) is 87.8 Å². The van der Waals surface area contributed by atoms with E-state index >= 15 is 0 Å². The molecule has 0 aromatic rings. The highest BCUT2D eigenvalue weighted by Gasteiger charge is 2.98. The van der Waals surface area contributed by atoms with E-state index in [1.165, 1.54) is 0 Å². The molecule has 0 spiro atoms. The summed E-state index contributed by atoms with van der Waals surface area (Å²) in [6.07, 6.45) is 0. The van der Waals surface area contributed by atoms with Gasteiger partial charge in [-0.15, -0.1) is 0 Å². The van der Waals surface area contributed by atoms with Gasteiger partial charge in [-0.3, -0.25) is 4.79 Å². The van der Waals surface area contributed by atoms with Crippen molar-refractivity contribution in [1.29, 1.82) is 0 Å². The number of rotatable bonds is 12. The van der Waals surface area contributed by atoms with Crippen LogP contribution in [0.2, 0.25) is 0 Å². The van der Waals surface area contributed by atoms with Crippen LogP contribution in [0.15, 0.2) is 0 Å². The topological polar surface area (TPSA) is 20.3 Å². The number of carbonyl (C=O) groups is 1. The Morgan fingerprint density at radius 1 is 0.450 bits per heavy atom. The molecule has 0 N–H and O–H groups in total. The first kappa shape index (κ1) is 38.4. The molecule has 0 saturated carbocycles. The lowest BCUT2D eigenvalue weighted by molar-refractivity contribution is -0.465. The summed E-state index contributed by atoms with van der Waals surface area (Å²) in [5.41, 5.74) is 0. The summed E-state index contributed by atoms with van der Waals surface area (Å²) in [5.74, 6) is -80.9. The molecule has 0 fully saturated rings. The van der Waals surface area contributed by atoms with Crippen LogP contribution in [0.3, 0.4) is 0 Å². The number of amides is 1. The zero-order valence-electron chi connectivity index (χ0n) is 19.4. The van der Waals surface area contributed by atoms with Gasteiger partial charge in [0, 0.05) is 12.1 Å². The lowest BCUT2D eigenvalue weighted by atomic mass is 9.86. The van der Waals surface area contributed by atoms with E-state index in [1.807, 2.05) is 0 Å². The van der Waals surface area contributed by atoms with Gasteiger partial charge in [0.1, 0.15) is 0 Å². The third kappa shape index (κ3) is 4.80. The van der Waals surface area contributed by atoms with Gasteiger partial charge in [0.25, 0.3) is 5.91 Å². The molecule has 0 aliphatic heterocycles. The highest BCUT2D eigenvalue weighted by Crippen LogP contribution is 2.66. The number of hydrogen-bond acceptors (Lipinski definition) is 1. The predicted octanol–water partition coefficient (Wildman–Crippen LogP) is 8.18. The van der Waals surface area contributed by atoms with Crippen LogP contribution in [-0.2, 0) is 4.79 Å². The molecule has 0 aliphatic carbocycles. The Labute approximate surface area is 214 Å². The molecule has 240 valence electrons. The van der Waals surface area contributed by atoms with Gasteiger partial charge in [0.15, 0.2) is 0 Å². The van der Waals surface area contributed by atoms with Crippen molar-refractivity contribution in [3.05, 3.63) is 0 Å². The fraction of sp³-hybridized carbons (Fsp3) is 0.941. The monoisotopic (exact) mass is 663 g/mol. The summed E-state index contributed by atoms with van der Waals surface area (Å²) in [6, 6.07) is -3.34. The summed E-state index contributed by atoms with van der Waals surface area (Å²) in [6.45, 7) is 2.93. The normalized spacial score (nSPS) is 16.2. The van der Waals surface area contributed by atoms with Crippen LogP contribution in [0.1, 0.15) is 27.7 Å². The SMILES string of the molecule is CC(C)N(C(=O)C(F)(F)C(F)(F)C(F)(F)C(F)(F)C(F)(F)C(F)(F)C(F)(F)C(F)(F)C(F)(F)C(F)(F)Cl)C(C)C. The second-order valence-corrected chi connectivity index (χ2v) is 9.04. The first-order chi connectivity index (χ1) is 16.9. The fourth-order valence-corrected chi connectivity index (χ4v) is 3.04. The van der Waals surface area contributed by atoms with Crippen molar-refractivity contribution in [2.45, 2.75) is 98.5 Å². The van der Waals surface area contributed by atoms with Crippen molar-refractivity contribution < 1.29 is 92.6 Å². The van der Waals surface area contributed by atoms with Gasteiger partial charge in [-0.1, -0.05) is 0 Å². The fourth-order valence-electron chi connectivity index (χ4n) is 2.92. The summed E-state index contributed by atoms with van der Waals surface area (Å²) in [7, 11) is 0. The first-order valence-electron chi connectivity index (χ1n) is 9.72. The van der Waals surface area contributed by atoms with E-state index < -0.39 is 81.6 Å². The molecule has 0 aliphatic rings. The van der Waals surface area contributed by atoms with E-state index in [2.05, 4.69) is 11.6 Å². The molecule has 0 atom stereocenters. The van der Waals surface area contributed by atoms with Gasteiger partial charge in [0.2, 0.25) is 0 Å². The van der Waals surface area contributed by atoms with E-state index in [4.69, 9.17) is 0 Å². The molecule has 1 amide bonds. The van der Waals surface area contributed by atoms with Crippen LogP contribution in [0.25, 0.3) is 0 Å². The molecular weight excluding hydrogens is 650 g/mol. The van der Waals surface area contributed by atoms with Crippen molar-refractivity contribution in [2.75, 3.05) is 0 Å². The Morgan fingerprint density at radius 2 is 0.650 bits per heavy atom. The van der Waals surface area contributed by atoms with Crippen molar-refractivity contribution >= 4 is 17.5 Å². The van der Waals surface area contributed by atoms with Gasteiger partial charge >= 0.3 is 58.7 Å². The number of alkyl halides is 21. The van der Waals surface area contributed by atoms with E-state index in [9.17, 15) is 92.6 Å². The number of halogens is 21. The predicted molar refractivity (Wildman–Crippen MR) is 92.4 cm³/mol. The lowest BCUT2D eigenvalue weighted by Crippen LogP contribution is -2.77. The Hall–Kier alpha value is -1.64. The van der Waals surface area contributed by atoms with E-state index in [0.29, 0.717) is 0 Å². The third-order valence-electron chi connectivity index (χ3n) is 5.13. The number of carbonyl (C=O) groups excluding carboxylic acids is 1. The maximum atomic E-state index is 14.1. The molecule has 0 aromatic heterocycles. The van der Waals surface area contributed by atoms with Gasteiger partial charge in [-0.05, 0) is 39.3 Å². The van der Waals surface area contributed by atoms with E-state index in [1.54, 1.807) is 0 Å². The third-order valence-corrected chi connectivity index (χ3v) is 5.36. The van der Waals surface area contributed by atoms with Crippen LogP contribution in [-0.4, -0.2) is 81.6 Å². The lowest BCUT2D eigenvalue weighted by Gasteiger charge is -2.45. The first-order valence-corrected chi connectivity index (χ1v) is 10.1. The molecule has 0 saturated heterocycles. The maximum absolute atomic E-state index is 14.1. The number of hydrogen-bond donors (Lipinski definition) is 0. The van der Waals surface area contributed by atoms with Crippen LogP contribution in [0.5, 0.6) is 0 Å². The van der Waals surface area contributed by atoms with Gasteiger partial charge in [-0.2, -0.15) is 87.8 Å². The smallest absolute Gasteiger partial charge is 0.332 e. The molecule has 0 unspecified atom stereocenters. The summed E-state index contributed by atoms with van der Waals surface area (Å²) >= 11 is 3.34. The second kappa shape index (κ2) is 9.98. The molecule has 0 heterocycles. The largest absolute Gasteiger partial charge is 0.393 e. The highest BCUT2D eigenvalue weighted by atomic mass is 35.5. The summed E-state index contributed by atoms with van der Waals surface area (Å²) in [4.78, 5) is 11.4. The summed E-state index contributed by atoms with van der Waals surface area (Å²) < 4.78 is 272. The van der Waals surface area contributed by atoms with Gasteiger partial charge < -0.3 is 4.90 Å². The van der Waals surface area contributed by atoms with Crippen LogP contribution < -0.4 is 0 Å². The molecule has 0 aromatic carbocycles. The molecule has 40 heavy (non-hydrogen) atoms. The van der Waals surface area contributed by atoms with Crippen molar-refractivity contribution in [3.8, 4) is 0 Å². The van der Waals surface area contributed by atoms with Gasteiger partial charge in [-0.25, -0.2) is 0 Å². The molecule has 2 nitrogen and oxygen atoms in total. The Morgan fingerprint density at radius 3 is 0.850 bits per heavy atom. The molecular formula is C17H14ClF20NO. The average molecular weight is 664 g/mol. The Kier molecular flexibility index (Phi) is 9.57. The molecule has 0 radical (unpaired) electrons. The van der Waals surface area contributed by atoms with Crippen molar-refractivity contribution in [2.24, 2.45) is 0 Å². The molecule has 0 rings (SSSR count). The zero-order valence-corrected chi connectivity index (χ0v) is 20.2. The summed E-state index contributed by atoms with van der Waals surface area (Å²) in [5, 5.41) is -7.06. The highest BCUT2D eigenvalue weighted by molar-refractivity contribution is 6.22. The maximum Gasteiger partial charge on any atom is 0.393 e. The van der Waals surface area contributed by atoms with Crippen LogP contribution >= 0.6 is 11.6 Å². The number of nitrogens with zero attached hydrogens (tertiary/aromatic N) is 1. The van der Waals surface area contributed by atoms with E-state index in [0.717, 1.165) is 27.7 Å². The zero-order chi connectivity index (χ0) is 33.3. The standard InChI is InChI=1S/C17H14ClF20NO/c1-5(2)39(6(3)4)7(40)8(19,20)9(21,22)10(23,24)11(25,26)12(27,28)13(29,30)14(31,32)15(33,34)16(35,36)17(18,37)38/h5-6H,1-4H3. The minimum absolute atomic E-state index is 0.433. The van der Waals surface area contributed by atoms with Gasteiger partial charge in [0.05, 0.1) is 0 Å². The van der Waals surface area contributed by atoms with E-state index in [-0.39, 0.29) is 0 Å². The molecule has 0 bridgehead atoms. The second-order valence-electron chi connectivity index (χ2n) is 8.57. The quantitative estimate of drug-likeness (QED) is 0.152. The Bertz CT molecular complexity index is 930. The molecule has 23 heteroatoms. The van der Waals surface area contributed by atoms with Crippen molar-refractivity contribution in [1.82, 2.24) is 4.90 Å². The average Bonchev–Trinajstić information content (AvgIpc) is 2.70.